The van der Waals surface area contributed by atoms with Crippen LogP contribution in [-0.2, 0) is 11.2 Å². The van der Waals surface area contributed by atoms with Gasteiger partial charge in [0, 0.05) is 32.7 Å². The summed E-state index contributed by atoms with van der Waals surface area (Å²) in [4.78, 5) is 9.28. The molecule has 1 atom stereocenters. The van der Waals surface area contributed by atoms with Crippen LogP contribution in [0.2, 0.25) is 0 Å². The lowest BCUT2D eigenvalue weighted by atomic mass is 10.3. The molecule has 0 aliphatic carbocycles. The molecule has 1 unspecified atom stereocenters. The van der Waals surface area contributed by atoms with Crippen molar-refractivity contribution in [2.45, 2.75) is 32.7 Å². The van der Waals surface area contributed by atoms with E-state index in [1.165, 1.54) is 9.71 Å². The molecule has 2 N–H and O–H groups in total. The van der Waals surface area contributed by atoms with E-state index in [0.717, 1.165) is 37.4 Å². The van der Waals surface area contributed by atoms with Gasteiger partial charge in [0.2, 0.25) is 0 Å². The molecule has 0 radical (unpaired) electrons. The maximum Gasteiger partial charge on any atom is 0.191 e. The van der Waals surface area contributed by atoms with E-state index in [0.29, 0.717) is 6.61 Å². The number of aliphatic imine (C=N–C) groups is 1. The fourth-order valence-corrected chi connectivity index (χ4v) is 3.30. The fourth-order valence-electron chi connectivity index (χ4n) is 2.29. The molecular formula is C17H26N4OS. The average molecular weight is 334 g/mol. The molecule has 0 saturated carbocycles. The van der Waals surface area contributed by atoms with Crippen LogP contribution in [0, 0.1) is 0 Å². The van der Waals surface area contributed by atoms with Crippen molar-refractivity contribution >= 4 is 27.5 Å². The standard InChI is InChI=1S/C17H26N4OS/c1-4-18-17(20-13(2)12-22-3)19-11-7-10-16-21-14-8-5-6-9-15(14)23-16/h5-6,8-9,13H,4,7,10-12H2,1-3H3,(H2,18,19,20). The second-order valence-electron chi connectivity index (χ2n) is 5.44. The number of nitrogens with one attached hydrogen (secondary N) is 2. The number of ether oxygens (including phenoxy) is 1. The Kier molecular flexibility index (Phi) is 7.29. The Morgan fingerprint density at radius 2 is 2.22 bits per heavy atom. The zero-order valence-corrected chi connectivity index (χ0v) is 14.9. The lowest BCUT2D eigenvalue weighted by molar-refractivity contribution is 0.179. The van der Waals surface area contributed by atoms with Crippen molar-refractivity contribution in [2.24, 2.45) is 4.99 Å². The van der Waals surface area contributed by atoms with Gasteiger partial charge in [0.1, 0.15) is 0 Å². The molecule has 1 aromatic carbocycles. The van der Waals surface area contributed by atoms with E-state index in [1.54, 1.807) is 18.4 Å². The number of para-hydroxylation sites is 1. The second kappa shape index (κ2) is 9.47. The Hall–Kier alpha value is -1.66. The summed E-state index contributed by atoms with van der Waals surface area (Å²) in [5.41, 5.74) is 1.10. The number of fused-ring (bicyclic) bond motifs is 1. The van der Waals surface area contributed by atoms with Gasteiger partial charge in [-0.3, -0.25) is 4.99 Å². The van der Waals surface area contributed by atoms with Crippen LogP contribution in [0.3, 0.4) is 0 Å². The summed E-state index contributed by atoms with van der Waals surface area (Å²) in [6, 6.07) is 8.52. The number of rotatable bonds is 8. The van der Waals surface area contributed by atoms with Crippen molar-refractivity contribution in [3.8, 4) is 0 Å². The number of benzene rings is 1. The highest BCUT2D eigenvalue weighted by Crippen LogP contribution is 2.22. The Morgan fingerprint density at radius 3 is 2.96 bits per heavy atom. The molecule has 0 saturated heterocycles. The number of aromatic nitrogens is 1. The molecule has 0 amide bonds. The summed E-state index contributed by atoms with van der Waals surface area (Å²) in [7, 11) is 1.71. The van der Waals surface area contributed by atoms with E-state index < -0.39 is 0 Å². The van der Waals surface area contributed by atoms with Gasteiger partial charge in [-0.15, -0.1) is 11.3 Å². The molecule has 0 aliphatic heterocycles. The van der Waals surface area contributed by atoms with Gasteiger partial charge in [-0.1, -0.05) is 12.1 Å². The molecule has 2 aromatic rings. The van der Waals surface area contributed by atoms with Crippen LogP contribution in [0.4, 0.5) is 0 Å². The summed E-state index contributed by atoms with van der Waals surface area (Å²) in [6.45, 7) is 6.45. The van der Waals surface area contributed by atoms with Gasteiger partial charge in [-0.05, 0) is 32.4 Å². The minimum atomic E-state index is 0.238. The minimum absolute atomic E-state index is 0.238. The van der Waals surface area contributed by atoms with Gasteiger partial charge in [-0.2, -0.15) is 0 Å². The summed E-state index contributed by atoms with van der Waals surface area (Å²) in [5.74, 6) is 0.848. The number of guanidine groups is 1. The maximum absolute atomic E-state index is 5.14. The van der Waals surface area contributed by atoms with Gasteiger partial charge in [0.25, 0.3) is 0 Å². The third kappa shape index (κ3) is 5.80. The fraction of sp³-hybridized carbons (Fsp3) is 0.529. The largest absolute Gasteiger partial charge is 0.383 e. The molecule has 1 aromatic heterocycles. The third-order valence-electron chi connectivity index (χ3n) is 3.30. The van der Waals surface area contributed by atoms with Crippen molar-refractivity contribution in [1.29, 1.82) is 0 Å². The molecule has 5 nitrogen and oxygen atoms in total. The van der Waals surface area contributed by atoms with Gasteiger partial charge >= 0.3 is 0 Å². The highest BCUT2D eigenvalue weighted by molar-refractivity contribution is 7.18. The van der Waals surface area contributed by atoms with Crippen molar-refractivity contribution in [1.82, 2.24) is 15.6 Å². The van der Waals surface area contributed by atoms with Crippen molar-refractivity contribution in [3.63, 3.8) is 0 Å². The Balaban J connectivity index is 1.82. The zero-order valence-electron chi connectivity index (χ0n) is 14.1. The van der Waals surface area contributed by atoms with Gasteiger partial charge in [0.05, 0.1) is 21.8 Å². The molecule has 2 rings (SSSR count). The highest BCUT2D eigenvalue weighted by atomic mass is 32.1. The summed E-state index contributed by atoms with van der Waals surface area (Å²) in [5, 5.41) is 7.79. The minimum Gasteiger partial charge on any atom is -0.383 e. The van der Waals surface area contributed by atoms with Crippen LogP contribution in [0.25, 0.3) is 10.2 Å². The van der Waals surface area contributed by atoms with Crippen LogP contribution in [0.15, 0.2) is 29.3 Å². The predicted octanol–water partition coefficient (Wildman–Crippen LogP) is 2.82. The summed E-state index contributed by atoms with van der Waals surface area (Å²) >= 11 is 1.78. The first-order chi connectivity index (χ1) is 11.2. The predicted molar refractivity (Wildman–Crippen MR) is 98.4 cm³/mol. The number of hydrogen-bond acceptors (Lipinski definition) is 4. The molecular weight excluding hydrogens is 308 g/mol. The van der Waals surface area contributed by atoms with Crippen LogP contribution in [0.5, 0.6) is 0 Å². The summed E-state index contributed by atoms with van der Waals surface area (Å²) in [6.07, 6.45) is 1.96. The van der Waals surface area contributed by atoms with Gasteiger partial charge in [-0.25, -0.2) is 4.98 Å². The SMILES string of the molecule is CCNC(=NCCCc1nc2ccccc2s1)NC(C)COC. The Labute approximate surface area is 142 Å². The van der Waals surface area contributed by atoms with Crippen molar-refractivity contribution in [2.75, 3.05) is 26.8 Å². The van der Waals surface area contributed by atoms with E-state index in [-0.39, 0.29) is 6.04 Å². The maximum atomic E-state index is 5.14. The van der Waals surface area contributed by atoms with Crippen LogP contribution >= 0.6 is 11.3 Å². The first-order valence-electron chi connectivity index (χ1n) is 8.11. The number of aryl methyl sites for hydroxylation is 1. The molecule has 0 aliphatic rings. The highest BCUT2D eigenvalue weighted by Gasteiger charge is 2.05. The number of nitrogens with zero attached hydrogens (tertiary/aromatic N) is 2. The second-order valence-corrected chi connectivity index (χ2v) is 6.56. The quantitative estimate of drug-likeness (QED) is 0.443. The van der Waals surface area contributed by atoms with E-state index in [4.69, 9.17) is 4.74 Å². The molecule has 0 fully saturated rings. The monoisotopic (exact) mass is 334 g/mol. The van der Waals surface area contributed by atoms with Crippen molar-refractivity contribution in [3.05, 3.63) is 29.3 Å². The van der Waals surface area contributed by atoms with E-state index in [1.807, 2.05) is 6.07 Å². The smallest absolute Gasteiger partial charge is 0.191 e. The first-order valence-corrected chi connectivity index (χ1v) is 8.92. The lowest BCUT2D eigenvalue weighted by Gasteiger charge is -2.16. The van der Waals surface area contributed by atoms with E-state index in [2.05, 4.69) is 52.7 Å². The zero-order chi connectivity index (χ0) is 16.5. The van der Waals surface area contributed by atoms with Crippen LogP contribution in [-0.4, -0.2) is 43.8 Å². The Bertz CT molecular complexity index is 593. The van der Waals surface area contributed by atoms with Gasteiger partial charge < -0.3 is 15.4 Å². The molecule has 1 heterocycles. The number of hydrogen-bond donors (Lipinski definition) is 2. The van der Waals surface area contributed by atoms with E-state index >= 15 is 0 Å². The first kappa shape index (κ1) is 17.7. The molecule has 6 heteroatoms. The van der Waals surface area contributed by atoms with Crippen LogP contribution in [0.1, 0.15) is 25.3 Å². The van der Waals surface area contributed by atoms with Gasteiger partial charge in [0.15, 0.2) is 5.96 Å². The van der Waals surface area contributed by atoms with Crippen molar-refractivity contribution < 1.29 is 4.74 Å². The van der Waals surface area contributed by atoms with E-state index in [9.17, 15) is 0 Å². The lowest BCUT2D eigenvalue weighted by Crippen LogP contribution is -2.44. The number of methoxy groups -OCH3 is 1. The Morgan fingerprint density at radius 1 is 1.39 bits per heavy atom. The van der Waals surface area contributed by atoms with Crippen LogP contribution < -0.4 is 10.6 Å². The molecule has 126 valence electrons. The third-order valence-corrected chi connectivity index (χ3v) is 4.40. The molecule has 23 heavy (non-hydrogen) atoms. The topological polar surface area (TPSA) is 58.5 Å². The number of thiazole rings is 1. The summed E-state index contributed by atoms with van der Waals surface area (Å²) < 4.78 is 6.40. The molecule has 0 spiro atoms. The molecule has 0 bridgehead atoms. The average Bonchev–Trinajstić information content (AvgIpc) is 2.94. The normalized spacial score (nSPS) is 13.3.